The van der Waals surface area contributed by atoms with E-state index in [1.165, 1.54) is 0 Å². The molecule has 31 heavy (non-hydrogen) atoms. The van der Waals surface area contributed by atoms with Gasteiger partial charge in [-0.1, -0.05) is 42.1 Å². The van der Waals surface area contributed by atoms with Crippen molar-refractivity contribution in [1.82, 2.24) is 20.1 Å². The summed E-state index contributed by atoms with van der Waals surface area (Å²) in [6, 6.07) is 17.2. The Morgan fingerprint density at radius 1 is 1.19 bits per heavy atom. The molecule has 0 bridgehead atoms. The average molecular weight is 439 g/mol. The quantitative estimate of drug-likeness (QED) is 0.515. The third-order valence-corrected chi connectivity index (χ3v) is 6.26. The summed E-state index contributed by atoms with van der Waals surface area (Å²) in [5.74, 6) is 2.13. The zero-order valence-electron chi connectivity index (χ0n) is 17.5. The van der Waals surface area contributed by atoms with E-state index in [9.17, 15) is 4.79 Å². The average Bonchev–Trinajstić information content (AvgIpc) is 3.47. The molecule has 4 rings (SSSR count). The van der Waals surface area contributed by atoms with Gasteiger partial charge in [0.1, 0.15) is 5.75 Å². The van der Waals surface area contributed by atoms with Crippen LogP contribution in [0.2, 0.25) is 0 Å². The highest BCUT2D eigenvalue weighted by Gasteiger charge is 2.19. The van der Waals surface area contributed by atoms with Crippen LogP contribution in [-0.2, 0) is 17.8 Å². The summed E-state index contributed by atoms with van der Waals surface area (Å²) in [4.78, 5) is 12.6. The number of carbonyl (C=O) groups excluding carboxylic acids is 1. The van der Waals surface area contributed by atoms with E-state index in [2.05, 4.69) is 32.2 Å². The van der Waals surface area contributed by atoms with E-state index in [1.54, 1.807) is 43.1 Å². The van der Waals surface area contributed by atoms with Gasteiger partial charge in [0.2, 0.25) is 0 Å². The smallest absolute Gasteiger partial charge is 0.251 e. The first-order valence-electron chi connectivity index (χ1n) is 10.4. The SMILES string of the molecule is COc1ccc(C(=O)NCc2nnc(SC[C@@H]3CCCO3)n2Cc2ccccc2)cc1. The van der Waals surface area contributed by atoms with Crippen LogP contribution in [0.4, 0.5) is 0 Å². The van der Waals surface area contributed by atoms with Gasteiger partial charge >= 0.3 is 0 Å². The van der Waals surface area contributed by atoms with Crippen LogP contribution < -0.4 is 10.1 Å². The minimum Gasteiger partial charge on any atom is -0.497 e. The van der Waals surface area contributed by atoms with Gasteiger partial charge in [0, 0.05) is 17.9 Å². The number of amides is 1. The number of carbonyl (C=O) groups is 1. The normalized spacial score (nSPS) is 15.7. The molecule has 0 aliphatic carbocycles. The van der Waals surface area contributed by atoms with Crippen LogP contribution in [0.1, 0.15) is 34.6 Å². The topological polar surface area (TPSA) is 78.3 Å². The van der Waals surface area contributed by atoms with Crippen molar-refractivity contribution >= 4 is 17.7 Å². The van der Waals surface area contributed by atoms with Gasteiger partial charge in [0.25, 0.3) is 5.91 Å². The first-order valence-corrected chi connectivity index (χ1v) is 11.3. The summed E-state index contributed by atoms with van der Waals surface area (Å²) < 4.78 is 13.0. The maximum atomic E-state index is 12.6. The number of nitrogens with one attached hydrogen (secondary N) is 1. The molecule has 1 N–H and O–H groups in total. The maximum Gasteiger partial charge on any atom is 0.251 e. The molecule has 1 amide bonds. The van der Waals surface area contributed by atoms with E-state index >= 15 is 0 Å². The molecule has 3 aromatic rings. The Kier molecular flexibility index (Phi) is 7.22. The van der Waals surface area contributed by atoms with E-state index in [1.807, 2.05) is 18.2 Å². The summed E-state index contributed by atoms with van der Waals surface area (Å²) in [5, 5.41) is 12.6. The van der Waals surface area contributed by atoms with Crippen molar-refractivity contribution in [2.24, 2.45) is 0 Å². The third-order valence-electron chi connectivity index (χ3n) is 5.16. The molecule has 1 saturated heterocycles. The molecule has 0 radical (unpaired) electrons. The number of hydrogen-bond acceptors (Lipinski definition) is 6. The number of aromatic nitrogens is 3. The lowest BCUT2D eigenvalue weighted by Gasteiger charge is -2.13. The molecule has 1 aliphatic rings. The van der Waals surface area contributed by atoms with Gasteiger partial charge < -0.3 is 19.4 Å². The highest BCUT2D eigenvalue weighted by atomic mass is 32.2. The third kappa shape index (κ3) is 5.65. The van der Waals surface area contributed by atoms with E-state index < -0.39 is 0 Å². The monoisotopic (exact) mass is 438 g/mol. The molecule has 0 unspecified atom stereocenters. The van der Waals surface area contributed by atoms with Crippen LogP contribution in [0.5, 0.6) is 5.75 Å². The highest BCUT2D eigenvalue weighted by Crippen LogP contribution is 2.24. The van der Waals surface area contributed by atoms with Gasteiger partial charge in [-0.2, -0.15) is 0 Å². The van der Waals surface area contributed by atoms with Gasteiger partial charge in [-0.3, -0.25) is 4.79 Å². The van der Waals surface area contributed by atoms with Crippen LogP contribution in [0, 0.1) is 0 Å². The van der Waals surface area contributed by atoms with Crippen molar-refractivity contribution in [3.63, 3.8) is 0 Å². The zero-order valence-corrected chi connectivity index (χ0v) is 18.3. The van der Waals surface area contributed by atoms with Crippen LogP contribution in [0.15, 0.2) is 59.8 Å². The van der Waals surface area contributed by atoms with Crippen LogP contribution in [0.25, 0.3) is 0 Å². The molecular formula is C23H26N4O3S. The molecule has 1 aliphatic heterocycles. The van der Waals surface area contributed by atoms with Gasteiger partial charge in [-0.25, -0.2) is 0 Å². The molecule has 8 heteroatoms. The van der Waals surface area contributed by atoms with Gasteiger partial charge in [0.05, 0.1) is 26.3 Å². The maximum absolute atomic E-state index is 12.6. The van der Waals surface area contributed by atoms with Gasteiger partial charge in [-0.15, -0.1) is 10.2 Å². The molecule has 7 nitrogen and oxygen atoms in total. The Hall–Kier alpha value is -2.84. The Morgan fingerprint density at radius 2 is 2.00 bits per heavy atom. The molecular weight excluding hydrogens is 412 g/mol. The van der Waals surface area contributed by atoms with E-state index in [0.29, 0.717) is 24.4 Å². The van der Waals surface area contributed by atoms with E-state index in [0.717, 1.165) is 41.7 Å². The fraction of sp³-hybridized carbons (Fsp3) is 0.348. The summed E-state index contributed by atoms with van der Waals surface area (Å²) in [6.45, 7) is 1.78. The molecule has 162 valence electrons. The minimum atomic E-state index is -0.162. The second-order valence-corrected chi connectivity index (χ2v) is 8.31. The lowest BCUT2D eigenvalue weighted by atomic mass is 10.2. The zero-order chi connectivity index (χ0) is 21.5. The Morgan fingerprint density at radius 3 is 2.71 bits per heavy atom. The van der Waals surface area contributed by atoms with E-state index in [4.69, 9.17) is 9.47 Å². The molecule has 2 aromatic carbocycles. The van der Waals surface area contributed by atoms with Crippen molar-refractivity contribution in [3.8, 4) is 5.75 Å². The van der Waals surface area contributed by atoms with Crippen LogP contribution in [0.3, 0.4) is 0 Å². The minimum absolute atomic E-state index is 0.162. The van der Waals surface area contributed by atoms with E-state index in [-0.39, 0.29) is 12.0 Å². The summed E-state index contributed by atoms with van der Waals surface area (Å²) in [6.07, 6.45) is 2.47. The first-order chi connectivity index (χ1) is 15.2. The standard InChI is InChI=1S/C23H26N4O3S/c1-29-19-11-9-18(10-12-19)22(28)24-14-21-25-26-23(31-16-20-8-5-13-30-20)27(21)15-17-6-3-2-4-7-17/h2-4,6-7,9-12,20H,5,8,13-16H2,1H3,(H,24,28)/t20-/m0/s1. The summed E-state index contributed by atoms with van der Waals surface area (Å²) in [5.41, 5.74) is 1.73. The lowest BCUT2D eigenvalue weighted by Crippen LogP contribution is -2.25. The number of ether oxygens (including phenoxy) is 2. The Balaban J connectivity index is 1.46. The van der Waals surface area contributed by atoms with Gasteiger partial charge in [-0.05, 0) is 42.7 Å². The molecule has 0 spiro atoms. The summed E-state index contributed by atoms with van der Waals surface area (Å²) in [7, 11) is 1.60. The van der Waals surface area contributed by atoms with Gasteiger partial charge in [0.15, 0.2) is 11.0 Å². The number of methoxy groups -OCH3 is 1. The second-order valence-electron chi connectivity index (χ2n) is 7.33. The lowest BCUT2D eigenvalue weighted by molar-refractivity contribution is 0.0949. The summed E-state index contributed by atoms with van der Waals surface area (Å²) >= 11 is 1.66. The Bertz CT molecular complexity index is 986. The number of thioether (sulfide) groups is 1. The molecule has 1 atom stereocenters. The van der Waals surface area contributed by atoms with Crippen molar-refractivity contribution in [2.45, 2.75) is 37.2 Å². The van der Waals surface area contributed by atoms with Crippen LogP contribution >= 0.6 is 11.8 Å². The van der Waals surface area contributed by atoms with Crippen LogP contribution in [-0.4, -0.2) is 46.2 Å². The molecule has 1 fully saturated rings. The fourth-order valence-electron chi connectivity index (χ4n) is 3.43. The van der Waals surface area contributed by atoms with Crippen molar-refractivity contribution in [1.29, 1.82) is 0 Å². The Labute approximate surface area is 186 Å². The number of rotatable bonds is 9. The first kappa shape index (κ1) is 21.4. The predicted octanol–water partition coefficient (Wildman–Crippen LogP) is 3.54. The van der Waals surface area contributed by atoms with Crippen molar-refractivity contribution in [2.75, 3.05) is 19.5 Å². The molecule has 0 saturated carbocycles. The largest absolute Gasteiger partial charge is 0.497 e. The second kappa shape index (κ2) is 10.5. The highest BCUT2D eigenvalue weighted by molar-refractivity contribution is 7.99. The van der Waals surface area contributed by atoms with Crippen molar-refractivity contribution in [3.05, 3.63) is 71.5 Å². The van der Waals surface area contributed by atoms with Crippen molar-refractivity contribution < 1.29 is 14.3 Å². The number of hydrogen-bond donors (Lipinski definition) is 1. The fourth-order valence-corrected chi connectivity index (χ4v) is 4.45. The molecule has 2 heterocycles. The number of benzene rings is 2. The molecule has 1 aromatic heterocycles. The number of nitrogens with zero attached hydrogens (tertiary/aromatic N) is 3. The predicted molar refractivity (Wildman–Crippen MR) is 119 cm³/mol.